The van der Waals surface area contributed by atoms with Crippen molar-refractivity contribution in [3.63, 3.8) is 0 Å². The minimum Gasteiger partial charge on any atom is -0.373 e. The summed E-state index contributed by atoms with van der Waals surface area (Å²) < 4.78 is 0. The molecule has 1 heterocycles. The molecular weight excluding hydrogens is 270 g/mol. The summed E-state index contributed by atoms with van der Waals surface area (Å²) in [6.07, 6.45) is 0. The first kappa shape index (κ1) is 14.4. The van der Waals surface area contributed by atoms with Gasteiger partial charge >= 0.3 is 0 Å². The van der Waals surface area contributed by atoms with E-state index in [-0.39, 0.29) is 5.91 Å². The number of nitrogens with zero attached hydrogens (tertiary/aromatic N) is 1. The zero-order chi connectivity index (χ0) is 14.4. The maximum atomic E-state index is 10.9. The van der Waals surface area contributed by atoms with Gasteiger partial charge in [0.25, 0.3) is 0 Å². The lowest BCUT2D eigenvalue weighted by Crippen LogP contribution is -2.05. The topological polar surface area (TPSA) is 54.0 Å². The van der Waals surface area contributed by atoms with Gasteiger partial charge in [0.2, 0.25) is 5.91 Å². The number of amides is 1. The average Bonchev–Trinajstić information content (AvgIpc) is 2.46. The van der Waals surface area contributed by atoms with E-state index in [4.69, 9.17) is 0 Å². The van der Waals surface area contributed by atoms with Crippen LogP contribution >= 0.6 is 11.8 Å². The minimum absolute atomic E-state index is 0.0570. The highest BCUT2D eigenvalue weighted by Crippen LogP contribution is 2.24. The first-order valence-electron chi connectivity index (χ1n) is 6.31. The zero-order valence-corrected chi connectivity index (χ0v) is 12.3. The predicted molar refractivity (Wildman–Crippen MR) is 84.1 cm³/mol. The van der Waals surface area contributed by atoms with Crippen molar-refractivity contribution in [3.8, 4) is 0 Å². The molecule has 5 heteroatoms. The molecule has 1 aromatic heterocycles. The Morgan fingerprint density at radius 2 is 1.95 bits per heavy atom. The molecule has 0 saturated heterocycles. The maximum Gasteiger partial charge on any atom is 0.221 e. The molecule has 1 aromatic carbocycles. The minimum atomic E-state index is -0.0570. The Morgan fingerprint density at radius 3 is 2.60 bits per heavy atom. The van der Waals surface area contributed by atoms with Crippen molar-refractivity contribution in [1.82, 2.24) is 4.98 Å². The number of carbonyl (C=O) groups is 1. The molecule has 0 unspecified atom stereocenters. The second kappa shape index (κ2) is 6.96. The van der Waals surface area contributed by atoms with Crippen LogP contribution in [0.2, 0.25) is 0 Å². The van der Waals surface area contributed by atoms with Crippen LogP contribution in [0.1, 0.15) is 12.6 Å². The lowest BCUT2D eigenvalue weighted by molar-refractivity contribution is -0.114. The Hall–Kier alpha value is -2.01. The number of hydrogen-bond acceptors (Lipinski definition) is 4. The number of thioether (sulfide) groups is 1. The number of rotatable bonds is 5. The first-order valence-corrected chi connectivity index (χ1v) is 7.30. The lowest BCUT2D eigenvalue weighted by atomic mass is 10.3. The quantitative estimate of drug-likeness (QED) is 0.828. The summed E-state index contributed by atoms with van der Waals surface area (Å²) in [5, 5.41) is 5.78. The second-order valence-electron chi connectivity index (χ2n) is 4.26. The van der Waals surface area contributed by atoms with Crippen LogP contribution in [0.5, 0.6) is 0 Å². The summed E-state index contributed by atoms with van der Waals surface area (Å²) in [5.41, 5.74) is 1.85. The lowest BCUT2D eigenvalue weighted by Gasteiger charge is -2.05. The van der Waals surface area contributed by atoms with Gasteiger partial charge in [0, 0.05) is 30.3 Å². The average molecular weight is 287 g/mol. The molecule has 0 saturated carbocycles. The number of pyridine rings is 1. The van der Waals surface area contributed by atoms with E-state index in [2.05, 4.69) is 15.6 Å². The highest BCUT2D eigenvalue weighted by Gasteiger charge is 2.00. The molecule has 2 N–H and O–H groups in total. The van der Waals surface area contributed by atoms with Gasteiger partial charge in [-0.15, -0.1) is 11.8 Å². The van der Waals surface area contributed by atoms with Gasteiger partial charge in [-0.3, -0.25) is 4.79 Å². The summed E-state index contributed by atoms with van der Waals surface area (Å²) in [4.78, 5) is 16.6. The number of carbonyl (C=O) groups excluding carboxylic acids is 1. The van der Waals surface area contributed by atoms with Crippen molar-refractivity contribution < 1.29 is 4.79 Å². The van der Waals surface area contributed by atoms with Crippen LogP contribution in [-0.2, 0) is 10.5 Å². The van der Waals surface area contributed by atoms with E-state index in [1.807, 2.05) is 49.5 Å². The van der Waals surface area contributed by atoms with Crippen LogP contribution in [0, 0.1) is 0 Å². The van der Waals surface area contributed by atoms with E-state index in [9.17, 15) is 4.79 Å². The first-order chi connectivity index (χ1) is 9.67. The van der Waals surface area contributed by atoms with Crippen molar-refractivity contribution in [1.29, 1.82) is 0 Å². The number of anilines is 2. The van der Waals surface area contributed by atoms with Crippen LogP contribution in [0.15, 0.2) is 47.4 Å². The molecule has 2 aromatic rings. The fourth-order valence-corrected chi connectivity index (χ4v) is 2.50. The highest BCUT2D eigenvalue weighted by atomic mass is 32.2. The van der Waals surface area contributed by atoms with Crippen LogP contribution in [-0.4, -0.2) is 17.9 Å². The van der Waals surface area contributed by atoms with Crippen molar-refractivity contribution in [2.45, 2.75) is 17.6 Å². The summed E-state index contributed by atoms with van der Waals surface area (Å²) in [6.45, 7) is 1.50. The Morgan fingerprint density at radius 1 is 1.20 bits per heavy atom. The van der Waals surface area contributed by atoms with E-state index in [1.165, 1.54) is 6.92 Å². The normalized spacial score (nSPS) is 10.1. The molecule has 4 nitrogen and oxygen atoms in total. The maximum absolute atomic E-state index is 10.9. The number of hydrogen-bond donors (Lipinski definition) is 2. The molecule has 0 atom stereocenters. The van der Waals surface area contributed by atoms with Gasteiger partial charge < -0.3 is 10.6 Å². The third-order valence-electron chi connectivity index (χ3n) is 2.62. The molecule has 0 fully saturated rings. The summed E-state index contributed by atoms with van der Waals surface area (Å²) in [7, 11) is 1.86. The standard InChI is InChI=1S/C15H17N3OS/c1-11(19)17-12-6-8-14(9-7-12)20-10-13-4-3-5-15(16-2)18-13/h3-9H,10H2,1-2H3,(H,16,18)(H,17,19). The molecular formula is C15H17N3OS. The van der Waals surface area contributed by atoms with Crippen molar-refractivity contribution in [2.24, 2.45) is 0 Å². The Balaban J connectivity index is 1.94. The van der Waals surface area contributed by atoms with Crippen LogP contribution in [0.25, 0.3) is 0 Å². The third kappa shape index (κ3) is 4.28. The summed E-state index contributed by atoms with van der Waals surface area (Å²) >= 11 is 1.72. The molecule has 0 radical (unpaired) electrons. The van der Waals surface area contributed by atoms with Gasteiger partial charge in [-0.25, -0.2) is 4.98 Å². The van der Waals surface area contributed by atoms with Crippen molar-refractivity contribution in [2.75, 3.05) is 17.7 Å². The summed E-state index contributed by atoms with van der Waals surface area (Å²) in [6, 6.07) is 13.8. The molecule has 0 aliphatic rings. The summed E-state index contributed by atoms with van der Waals surface area (Å²) in [5.74, 6) is 1.64. The van der Waals surface area contributed by atoms with Crippen molar-refractivity contribution in [3.05, 3.63) is 48.2 Å². The van der Waals surface area contributed by atoms with E-state index < -0.39 is 0 Å². The largest absolute Gasteiger partial charge is 0.373 e. The number of aromatic nitrogens is 1. The number of nitrogens with one attached hydrogen (secondary N) is 2. The molecule has 0 bridgehead atoms. The molecule has 0 aliphatic heterocycles. The van der Waals surface area contributed by atoms with Gasteiger partial charge in [-0.2, -0.15) is 0 Å². The van der Waals surface area contributed by atoms with Crippen LogP contribution in [0.4, 0.5) is 11.5 Å². The Bertz CT molecular complexity index is 584. The van der Waals surface area contributed by atoms with Crippen molar-refractivity contribution >= 4 is 29.2 Å². The Labute approximate surface area is 123 Å². The zero-order valence-electron chi connectivity index (χ0n) is 11.5. The molecule has 0 aliphatic carbocycles. The van der Waals surface area contributed by atoms with Gasteiger partial charge in [0.1, 0.15) is 5.82 Å². The molecule has 1 amide bonds. The highest BCUT2D eigenvalue weighted by molar-refractivity contribution is 7.98. The van der Waals surface area contributed by atoms with Gasteiger partial charge in [-0.05, 0) is 36.4 Å². The van der Waals surface area contributed by atoms with Crippen LogP contribution in [0.3, 0.4) is 0 Å². The van der Waals surface area contributed by atoms with Gasteiger partial charge in [-0.1, -0.05) is 6.07 Å². The fraction of sp³-hybridized carbons (Fsp3) is 0.200. The van der Waals surface area contributed by atoms with E-state index in [0.717, 1.165) is 27.8 Å². The molecule has 104 valence electrons. The molecule has 0 spiro atoms. The van der Waals surface area contributed by atoms with E-state index in [0.29, 0.717) is 0 Å². The fourth-order valence-electron chi connectivity index (χ4n) is 1.69. The Kier molecular flexibility index (Phi) is 5.01. The number of benzene rings is 1. The van der Waals surface area contributed by atoms with Gasteiger partial charge in [0.05, 0.1) is 5.69 Å². The van der Waals surface area contributed by atoms with Crippen LogP contribution < -0.4 is 10.6 Å². The van der Waals surface area contributed by atoms with E-state index in [1.54, 1.807) is 11.8 Å². The third-order valence-corrected chi connectivity index (χ3v) is 3.67. The molecule has 20 heavy (non-hydrogen) atoms. The van der Waals surface area contributed by atoms with Gasteiger partial charge in [0.15, 0.2) is 0 Å². The monoisotopic (exact) mass is 287 g/mol. The SMILES string of the molecule is CNc1cccc(CSc2ccc(NC(C)=O)cc2)n1. The second-order valence-corrected chi connectivity index (χ2v) is 5.31. The molecule has 2 rings (SSSR count). The van der Waals surface area contributed by atoms with E-state index >= 15 is 0 Å². The predicted octanol–water partition coefficient (Wildman–Crippen LogP) is 3.37. The smallest absolute Gasteiger partial charge is 0.221 e.